The zero-order valence-corrected chi connectivity index (χ0v) is 10.1. The molecule has 0 rings (SSSR count). The standard InChI is InChI=1S/C8H18BN2O6/c1-6(2)7(10-9-15-3)8(12)16-4-5-17-11(13)14/h6-7,10,13-14H,4-5H2,1-3H3. The zero-order valence-electron chi connectivity index (χ0n) is 10.1. The number of hydrogen-bond acceptors (Lipinski definition) is 8. The highest BCUT2D eigenvalue weighted by atomic mass is 17.1. The molecule has 1 atom stereocenters. The summed E-state index contributed by atoms with van der Waals surface area (Å²) in [5.41, 5.74) is 0. The third kappa shape index (κ3) is 8.08. The minimum absolute atomic E-state index is 0.0157. The maximum atomic E-state index is 11.6. The topological polar surface area (TPSA) is 100 Å². The van der Waals surface area contributed by atoms with Crippen molar-refractivity contribution in [1.29, 1.82) is 0 Å². The lowest BCUT2D eigenvalue weighted by atomic mass is 10.0. The van der Waals surface area contributed by atoms with E-state index in [1.807, 2.05) is 13.8 Å². The van der Waals surface area contributed by atoms with Crippen molar-refractivity contribution in [2.24, 2.45) is 5.92 Å². The Kier molecular flexibility index (Phi) is 8.95. The maximum absolute atomic E-state index is 11.6. The second kappa shape index (κ2) is 9.34. The number of carbonyl (C=O) groups excluding carboxylic acids is 1. The van der Waals surface area contributed by atoms with Crippen molar-refractivity contribution in [1.82, 2.24) is 10.6 Å². The summed E-state index contributed by atoms with van der Waals surface area (Å²) in [5.74, 6) is -0.457. The number of carbonyl (C=O) groups is 1. The molecule has 0 aromatic carbocycles. The van der Waals surface area contributed by atoms with Gasteiger partial charge in [-0.1, -0.05) is 13.8 Å². The fourth-order valence-electron chi connectivity index (χ4n) is 1.02. The summed E-state index contributed by atoms with van der Waals surface area (Å²) >= 11 is 0. The molecule has 0 amide bonds. The van der Waals surface area contributed by atoms with Crippen LogP contribution in [0.3, 0.4) is 0 Å². The first-order valence-corrected chi connectivity index (χ1v) is 5.07. The summed E-state index contributed by atoms with van der Waals surface area (Å²) in [7, 11) is 2.76. The number of ether oxygens (including phenoxy) is 1. The van der Waals surface area contributed by atoms with Gasteiger partial charge in [0.1, 0.15) is 13.2 Å². The lowest BCUT2D eigenvalue weighted by molar-refractivity contribution is -0.493. The quantitative estimate of drug-likeness (QED) is 0.214. The van der Waals surface area contributed by atoms with Crippen LogP contribution in [-0.4, -0.2) is 55.8 Å². The average molecular weight is 249 g/mol. The fourth-order valence-corrected chi connectivity index (χ4v) is 1.02. The number of nitrogens with one attached hydrogen (secondary N) is 1. The van der Waals surface area contributed by atoms with E-state index in [0.717, 1.165) is 0 Å². The molecular weight excluding hydrogens is 231 g/mol. The van der Waals surface area contributed by atoms with Crippen molar-refractivity contribution < 1.29 is 29.4 Å². The van der Waals surface area contributed by atoms with Gasteiger partial charge >= 0.3 is 13.6 Å². The second-order valence-corrected chi connectivity index (χ2v) is 3.50. The van der Waals surface area contributed by atoms with Crippen LogP contribution in [0.15, 0.2) is 0 Å². The summed E-state index contributed by atoms with van der Waals surface area (Å²) in [6, 6.07) is -0.533. The summed E-state index contributed by atoms with van der Waals surface area (Å²) in [6.45, 7) is 3.45. The van der Waals surface area contributed by atoms with Crippen molar-refractivity contribution in [3.63, 3.8) is 0 Å². The largest absolute Gasteiger partial charge is 0.462 e. The van der Waals surface area contributed by atoms with Crippen LogP contribution in [0, 0.1) is 5.92 Å². The van der Waals surface area contributed by atoms with Gasteiger partial charge in [-0.05, 0) is 5.92 Å². The van der Waals surface area contributed by atoms with Crippen molar-refractivity contribution in [3.05, 3.63) is 0 Å². The van der Waals surface area contributed by atoms with Gasteiger partial charge in [0.15, 0.2) is 0 Å². The molecule has 99 valence electrons. The van der Waals surface area contributed by atoms with Crippen molar-refractivity contribution in [2.75, 3.05) is 20.3 Å². The Labute approximate surface area is 101 Å². The Morgan fingerprint density at radius 3 is 2.53 bits per heavy atom. The molecule has 17 heavy (non-hydrogen) atoms. The van der Waals surface area contributed by atoms with Gasteiger partial charge in [-0.2, -0.15) is 0 Å². The molecule has 1 unspecified atom stereocenters. The highest BCUT2D eigenvalue weighted by Crippen LogP contribution is 2.03. The molecule has 0 bridgehead atoms. The molecule has 0 spiro atoms. The fraction of sp³-hybridized carbons (Fsp3) is 0.875. The zero-order chi connectivity index (χ0) is 13.3. The number of hydrogen-bond donors (Lipinski definition) is 3. The molecule has 0 aromatic heterocycles. The van der Waals surface area contributed by atoms with Gasteiger partial charge in [0, 0.05) is 7.11 Å². The maximum Gasteiger partial charge on any atom is 0.396 e. The van der Waals surface area contributed by atoms with E-state index in [-0.39, 0.29) is 19.1 Å². The second-order valence-electron chi connectivity index (χ2n) is 3.50. The summed E-state index contributed by atoms with van der Waals surface area (Å²) in [5, 5.41) is 18.8. The Morgan fingerprint density at radius 2 is 2.06 bits per heavy atom. The number of esters is 1. The molecular formula is C8H18BN2O6. The summed E-state index contributed by atoms with van der Waals surface area (Å²) < 4.78 is 9.55. The van der Waals surface area contributed by atoms with Crippen LogP contribution in [0.4, 0.5) is 0 Å². The predicted octanol–water partition coefficient (Wildman–Crippen LogP) is -0.664. The third-order valence-corrected chi connectivity index (χ3v) is 1.82. The van der Waals surface area contributed by atoms with E-state index < -0.39 is 17.4 Å². The molecule has 0 saturated heterocycles. The number of nitrogens with zero attached hydrogens (tertiary/aromatic N) is 1. The molecule has 0 aliphatic heterocycles. The normalized spacial score (nSPS) is 12.9. The molecule has 9 heteroatoms. The molecule has 1 radical (unpaired) electrons. The third-order valence-electron chi connectivity index (χ3n) is 1.82. The van der Waals surface area contributed by atoms with Crippen LogP contribution in [0.2, 0.25) is 0 Å². The van der Waals surface area contributed by atoms with Gasteiger partial charge in [0.25, 0.3) is 0 Å². The monoisotopic (exact) mass is 249 g/mol. The first kappa shape index (κ1) is 16.3. The Morgan fingerprint density at radius 1 is 1.41 bits per heavy atom. The molecule has 0 aromatic rings. The van der Waals surface area contributed by atoms with Crippen LogP contribution in [0.5, 0.6) is 0 Å². The van der Waals surface area contributed by atoms with Gasteiger partial charge in [-0.15, -0.1) is 0 Å². The first-order chi connectivity index (χ1) is 7.99. The molecule has 0 saturated carbocycles. The molecule has 0 fully saturated rings. The van der Waals surface area contributed by atoms with E-state index in [1.165, 1.54) is 14.7 Å². The SMILES string of the molecule is CO[B]NC(C(=O)OCCON(O)O)C(C)C. The van der Waals surface area contributed by atoms with E-state index in [9.17, 15) is 4.79 Å². The summed E-state index contributed by atoms with van der Waals surface area (Å²) in [4.78, 5) is 15.8. The average Bonchev–Trinajstić information content (AvgIpc) is 2.24. The highest BCUT2D eigenvalue weighted by Gasteiger charge is 2.23. The lowest BCUT2D eigenvalue weighted by Crippen LogP contribution is -2.44. The van der Waals surface area contributed by atoms with E-state index in [1.54, 1.807) is 0 Å². The first-order valence-electron chi connectivity index (χ1n) is 5.07. The van der Waals surface area contributed by atoms with Crippen molar-refractivity contribution in [2.45, 2.75) is 19.9 Å². The van der Waals surface area contributed by atoms with Gasteiger partial charge in [-0.3, -0.25) is 15.2 Å². The van der Waals surface area contributed by atoms with Crippen LogP contribution >= 0.6 is 0 Å². The Hall–Kier alpha value is -0.705. The minimum atomic E-state index is -0.533. The molecule has 3 N–H and O–H groups in total. The number of rotatable bonds is 9. The van der Waals surface area contributed by atoms with E-state index in [2.05, 4.69) is 14.7 Å². The predicted molar refractivity (Wildman–Crippen MR) is 56.8 cm³/mol. The van der Waals surface area contributed by atoms with E-state index in [4.69, 9.17) is 15.2 Å². The lowest BCUT2D eigenvalue weighted by Gasteiger charge is -2.19. The van der Waals surface area contributed by atoms with Gasteiger partial charge in [0.2, 0.25) is 0 Å². The van der Waals surface area contributed by atoms with Gasteiger partial charge in [0.05, 0.1) is 11.4 Å². The van der Waals surface area contributed by atoms with Crippen LogP contribution in [0.25, 0.3) is 0 Å². The molecule has 0 aliphatic rings. The minimum Gasteiger partial charge on any atom is -0.462 e. The van der Waals surface area contributed by atoms with Gasteiger partial charge in [-0.25, -0.2) is 4.84 Å². The summed E-state index contributed by atoms with van der Waals surface area (Å²) in [6.07, 6.45) is 0. The molecule has 0 aliphatic carbocycles. The molecule has 0 heterocycles. The van der Waals surface area contributed by atoms with Crippen molar-refractivity contribution in [3.8, 4) is 0 Å². The smallest absolute Gasteiger partial charge is 0.396 e. The highest BCUT2D eigenvalue weighted by molar-refractivity contribution is 6.24. The molecule has 8 nitrogen and oxygen atoms in total. The Balaban J connectivity index is 3.89. The van der Waals surface area contributed by atoms with Crippen LogP contribution in [0.1, 0.15) is 13.8 Å². The van der Waals surface area contributed by atoms with Crippen LogP contribution in [-0.2, 0) is 19.0 Å². The van der Waals surface area contributed by atoms with E-state index >= 15 is 0 Å². The Bertz CT molecular complexity index is 216. The van der Waals surface area contributed by atoms with Crippen molar-refractivity contribution >= 4 is 13.6 Å². The van der Waals surface area contributed by atoms with E-state index in [0.29, 0.717) is 0 Å². The van der Waals surface area contributed by atoms with Gasteiger partial charge < -0.3 is 14.6 Å². The van der Waals surface area contributed by atoms with Crippen LogP contribution < -0.4 is 5.23 Å².